The summed E-state index contributed by atoms with van der Waals surface area (Å²) in [5.74, 6) is -0.241. The SMILES string of the molecule is CC/C=C\C/C=C\C/C=C\C/C=C\C/C=C\C/C=C\C/C=C\C/C=C\C/C=C\C/C=C\CCCCC(=O)NC(COC1OC(CO)C(O)C(O)C1O)C(O)/C=C/CC/C=C/CC/C=C/CCCCCCCCCC. The predicted octanol–water partition coefficient (Wildman–Crippen LogP) is 14.5. The maximum absolute atomic E-state index is 13.0. The smallest absolute Gasteiger partial charge is 0.220 e. The molecule has 1 saturated heterocycles. The summed E-state index contributed by atoms with van der Waals surface area (Å²) in [5, 5.41) is 54.4. The molecule has 1 aliphatic rings. The summed E-state index contributed by atoms with van der Waals surface area (Å²) >= 11 is 0. The Bertz CT molecular complexity index is 1710. The van der Waals surface area contributed by atoms with Gasteiger partial charge in [-0.25, -0.2) is 0 Å². The van der Waals surface area contributed by atoms with E-state index in [0.29, 0.717) is 12.8 Å². The van der Waals surface area contributed by atoms with Crippen molar-refractivity contribution in [3.63, 3.8) is 0 Å². The van der Waals surface area contributed by atoms with Gasteiger partial charge in [-0.3, -0.25) is 4.79 Å². The topological polar surface area (TPSA) is 149 Å². The highest BCUT2D eigenvalue weighted by Crippen LogP contribution is 2.22. The van der Waals surface area contributed by atoms with E-state index in [4.69, 9.17) is 9.47 Å². The number of hydrogen-bond donors (Lipinski definition) is 6. The van der Waals surface area contributed by atoms with Gasteiger partial charge in [-0.2, -0.15) is 0 Å². The fraction of sp³-hybridized carbons (Fsp3) is 0.585. The van der Waals surface area contributed by atoms with E-state index in [1.165, 1.54) is 51.4 Å². The lowest BCUT2D eigenvalue weighted by Crippen LogP contribution is -2.60. The standard InChI is InChI=1S/C65H103NO8/c1-3-5-7-9-11-13-15-17-19-21-23-24-25-26-27-28-29-30-31-32-33-34-35-36-37-39-41-43-45-47-49-51-53-55-61(69)66-58(57-73-65-64(72)63(71)62(70)60(56-67)74-65)59(68)54-52-50-48-46-44-42-40-38-22-20-18-16-14-12-10-8-6-4-2/h5,7,11,13,17,19,22-24,26-27,29-30,32-33,35-36,38-39,41,44-47,52,54,58-60,62-65,67-68,70-72H,3-4,6,8-10,12,14-16,18,20-21,25,28,31,34,37,40,42-43,48-51,53,55-57H2,1-2H3,(H,66,69)/b7-5-,13-11-,19-17-,24-23-,27-26-,30-29-,33-32-,36-35-,38-22+,41-39-,46-44+,47-45-,54-52+. The van der Waals surface area contributed by atoms with Crippen LogP contribution in [-0.4, -0.2) is 87.5 Å². The zero-order chi connectivity index (χ0) is 53.6. The van der Waals surface area contributed by atoms with Crippen LogP contribution in [-0.2, 0) is 14.3 Å². The third-order valence-electron chi connectivity index (χ3n) is 12.3. The van der Waals surface area contributed by atoms with Crippen molar-refractivity contribution in [1.29, 1.82) is 0 Å². The molecular weight excluding hydrogens is 923 g/mol. The number of carbonyl (C=O) groups is 1. The summed E-state index contributed by atoms with van der Waals surface area (Å²) in [4.78, 5) is 13.0. The van der Waals surface area contributed by atoms with Crippen LogP contribution in [0.25, 0.3) is 0 Å². The average molecular weight is 1030 g/mol. The minimum Gasteiger partial charge on any atom is -0.394 e. The van der Waals surface area contributed by atoms with Crippen LogP contribution in [0.15, 0.2) is 158 Å². The van der Waals surface area contributed by atoms with Crippen molar-refractivity contribution in [2.24, 2.45) is 0 Å². The van der Waals surface area contributed by atoms with Gasteiger partial charge in [0.25, 0.3) is 0 Å². The van der Waals surface area contributed by atoms with Gasteiger partial charge >= 0.3 is 0 Å². The van der Waals surface area contributed by atoms with Gasteiger partial charge in [0.1, 0.15) is 24.4 Å². The van der Waals surface area contributed by atoms with Crippen LogP contribution in [0.2, 0.25) is 0 Å². The number of unbranched alkanes of at least 4 members (excludes halogenated alkanes) is 12. The highest BCUT2D eigenvalue weighted by atomic mass is 16.7. The van der Waals surface area contributed by atoms with E-state index in [1.807, 2.05) is 6.08 Å². The Morgan fingerprint density at radius 3 is 1.30 bits per heavy atom. The number of aliphatic hydroxyl groups excluding tert-OH is 5. The van der Waals surface area contributed by atoms with E-state index >= 15 is 0 Å². The Labute approximate surface area is 450 Å². The normalized spacial score (nSPS) is 20.2. The molecule has 9 nitrogen and oxygen atoms in total. The molecule has 1 fully saturated rings. The first-order valence-electron chi connectivity index (χ1n) is 28.7. The number of aliphatic hydroxyl groups is 5. The molecule has 1 aliphatic heterocycles. The van der Waals surface area contributed by atoms with Crippen LogP contribution >= 0.6 is 0 Å². The van der Waals surface area contributed by atoms with Crippen molar-refractivity contribution >= 4 is 5.91 Å². The summed E-state index contributed by atoms with van der Waals surface area (Å²) in [6.45, 7) is 3.59. The van der Waals surface area contributed by atoms with E-state index in [-0.39, 0.29) is 18.9 Å². The van der Waals surface area contributed by atoms with Crippen molar-refractivity contribution in [3.8, 4) is 0 Å². The summed E-state index contributed by atoms with van der Waals surface area (Å²) in [6.07, 6.45) is 75.9. The molecule has 0 aliphatic carbocycles. The predicted molar refractivity (Wildman–Crippen MR) is 312 cm³/mol. The lowest BCUT2D eigenvalue weighted by molar-refractivity contribution is -0.302. The summed E-state index contributed by atoms with van der Waals surface area (Å²) < 4.78 is 11.2. The summed E-state index contributed by atoms with van der Waals surface area (Å²) in [7, 11) is 0. The molecule has 1 heterocycles. The number of ether oxygens (including phenoxy) is 2. The number of allylic oxidation sites excluding steroid dienone is 25. The lowest BCUT2D eigenvalue weighted by atomic mass is 9.99. The molecule has 9 heteroatoms. The highest BCUT2D eigenvalue weighted by Gasteiger charge is 2.44. The largest absolute Gasteiger partial charge is 0.394 e. The van der Waals surface area contributed by atoms with Crippen molar-refractivity contribution in [2.45, 2.75) is 230 Å². The average Bonchev–Trinajstić information content (AvgIpc) is 3.40. The van der Waals surface area contributed by atoms with Gasteiger partial charge in [0, 0.05) is 6.42 Å². The van der Waals surface area contributed by atoms with Crippen LogP contribution < -0.4 is 5.32 Å². The number of hydrogen-bond acceptors (Lipinski definition) is 8. The zero-order valence-corrected chi connectivity index (χ0v) is 46.0. The first-order valence-corrected chi connectivity index (χ1v) is 28.7. The van der Waals surface area contributed by atoms with Crippen LogP contribution in [0, 0.1) is 0 Å². The van der Waals surface area contributed by atoms with Gasteiger partial charge in [-0.1, -0.05) is 217 Å². The molecule has 0 saturated carbocycles. The molecule has 7 unspecified atom stereocenters. The van der Waals surface area contributed by atoms with Gasteiger partial charge in [-0.05, 0) is 122 Å². The maximum Gasteiger partial charge on any atom is 0.220 e. The fourth-order valence-corrected chi connectivity index (χ4v) is 7.80. The third kappa shape index (κ3) is 41.1. The maximum atomic E-state index is 13.0. The Balaban J connectivity index is 2.32. The highest BCUT2D eigenvalue weighted by molar-refractivity contribution is 5.76. The van der Waals surface area contributed by atoms with Crippen molar-refractivity contribution in [2.75, 3.05) is 13.2 Å². The van der Waals surface area contributed by atoms with Crippen molar-refractivity contribution in [3.05, 3.63) is 158 Å². The minimum atomic E-state index is -1.59. The molecule has 6 N–H and O–H groups in total. The Kier molecular flexibility index (Phi) is 47.9. The van der Waals surface area contributed by atoms with Gasteiger partial charge in [0.2, 0.25) is 5.91 Å². The van der Waals surface area contributed by atoms with Crippen molar-refractivity contribution < 1.29 is 39.8 Å². The second-order valence-electron chi connectivity index (χ2n) is 19.0. The molecule has 7 atom stereocenters. The van der Waals surface area contributed by atoms with Gasteiger partial charge in [0.15, 0.2) is 6.29 Å². The summed E-state index contributed by atoms with van der Waals surface area (Å²) in [6, 6.07) is -0.865. The Morgan fingerprint density at radius 1 is 0.473 bits per heavy atom. The molecule has 0 aromatic heterocycles. The molecule has 0 aromatic carbocycles. The Morgan fingerprint density at radius 2 is 0.851 bits per heavy atom. The summed E-state index contributed by atoms with van der Waals surface area (Å²) in [5.41, 5.74) is 0. The molecule has 1 rings (SSSR count). The molecule has 0 aromatic rings. The van der Waals surface area contributed by atoms with Crippen LogP contribution in [0.1, 0.15) is 187 Å². The lowest BCUT2D eigenvalue weighted by Gasteiger charge is -2.40. The monoisotopic (exact) mass is 1030 g/mol. The first kappa shape index (κ1) is 67.8. The van der Waals surface area contributed by atoms with Crippen molar-refractivity contribution in [1.82, 2.24) is 5.32 Å². The van der Waals surface area contributed by atoms with Gasteiger partial charge < -0.3 is 40.3 Å². The van der Waals surface area contributed by atoms with Crippen LogP contribution in [0.4, 0.5) is 0 Å². The molecule has 416 valence electrons. The number of carbonyl (C=O) groups excluding carboxylic acids is 1. The van der Waals surface area contributed by atoms with E-state index in [1.54, 1.807) is 6.08 Å². The first-order chi connectivity index (χ1) is 36.3. The third-order valence-corrected chi connectivity index (χ3v) is 12.3. The molecule has 1 amide bonds. The van der Waals surface area contributed by atoms with E-state index in [0.717, 1.165) is 103 Å². The van der Waals surface area contributed by atoms with E-state index in [2.05, 4.69) is 165 Å². The zero-order valence-electron chi connectivity index (χ0n) is 46.0. The van der Waals surface area contributed by atoms with Gasteiger partial charge in [-0.15, -0.1) is 0 Å². The molecule has 0 radical (unpaired) electrons. The van der Waals surface area contributed by atoms with E-state index in [9.17, 15) is 30.3 Å². The Hall–Kier alpha value is -4.19. The quantitative estimate of drug-likeness (QED) is 0.0261. The molecular formula is C65H103NO8. The second-order valence-corrected chi connectivity index (χ2v) is 19.0. The molecule has 74 heavy (non-hydrogen) atoms. The van der Waals surface area contributed by atoms with Crippen LogP contribution in [0.5, 0.6) is 0 Å². The second kappa shape index (κ2) is 52.3. The molecule has 0 bridgehead atoms. The number of rotatable bonds is 46. The number of nitrogens with one attached hydrogen (secondary N) is 1. The number of amides is 1. The van der Waals surface area contributed by atoms with E-state index < -0.39 is 49.5 Å². The van der Waals surface area contributed by atoms with Crippen LogP contribution in [0.3, 0.4) is 0 Å². The van der Waals surface area contributed by atoms with Gasteiger partial charge in [0.05, 0.1) is 25.4 Å². The fourth-order valence-electron chi connectivity index (χ4n) is 7.80. The minimum absolute atomic E-state index is 0.235. The molecule has 0 spiro atoms.